The number of aromatic nitrogens is 2. The van der Waals surface area contributed by atoms with Gasteiger partial charge in [0, 0.05) is 17.3 Å². The Hall–Kier alpha value is -1.93. The van der Waals surface area contributed by atoms with Crippen LogP contribution in [0.1, 0.15) is 35.7 Å². The number of pyridine rings is 1. The van der Waals surface area contributed by atoms with Gasteiger partial charge >= 0.3 is 0 Å². The van der Waals surface area contributed by atoms with Crippen molar-refractivity contribution < 1.29 is 0 Å². The topological polar surface area (TPSA) is 61.6 Å². The van der Waals surface area contributed by atoms with Gasteiger partial charge in [-0.25, -0.2) is 9.97 Å². The molecule has 2 heterocycles. The molecule has 2 rings (SSSR count). The third-order valence-corrected chi connectivity index (χ3v) is 3.45. The summed E-state index contributed by atoms with van der Waals surface area (Å²) < 4.78 is 0. The molecule has 2 aromatic rings. The summed E-state index contributed by atoms with van der Waals surface area (Å²) in [7, 11) is 0. The molecule has 0 saturated carbocycles. The summed E-state index contributed by atoms with van der Waals surface area (Å²) in [5.41, 5.74) is 1.46. The lowest BCUT2D eigenvalue weighted by atomic mass is 10.2. The fourth-order valence-electron chi connectivity index (χ4n) is 1.73. The highest BCUT2D eigenvalue weighted by Gasteiger charge is 2.12. The zero-order valence-corrected chi connectivity index (χ0v) is 11.2. The molecule has 0 aliphatic heterocycles. The van der Waals surface area contributed by atoms with Crippen LogP contribution >= 0.6 is 11.3 Å². The Balaban J connectivity index is 2.22. The van der Waals surface area contributed by atoms with Gasteiger partial charge in [-0.2, -0.15) is 5.26 Å². The summed E-state index contributed by atoms with van der Waals surface area (Å²) >= 11 is 1.62. The van der Waals surface area contributed by atoms with E-state index in [0.717, 1.165) is 22.9 Å². The Morgan fingerprint density at radius 1 is 1.50 bits per heavy atom. The molecule has 1 N–H and O–H groups in total. The second-order valence-corrected chi connectivity index (χ2v) is 4.90. The Morgan fingerprint density at radius 3 is 2.94 bits per heavy atom. The molecule has 0 spiro atoms. The maximum atomic E-state index is 8.95. The van der Waals surface area contributed by atoms with Crippen molar-refractivity contribution in [2.75, 3.05) is 5.32 Å². The van der Waals surface area contributed by atoms with E-state index in [1.54, 1.807) is 29.7 Å². The number of nitrogens with one attached hydrogen (secondary N) is 1. The lowest BCUT2D eigenvalue weighted by Gasteiger charge is -2.15. The zero-order valence-electron chi connectivity index (χ0n) is 10.3. The van der Waals surface area contributed by atoms with E-state index >= 15 is 0 Å². The monoisotopic (exact) mass is 258 g/mol. The molecule has 1 atom stereocenters. The quantitative estimate of drug-likeness (QED) is 0.914. The maximum Gasteiger partial charge on any atom is 0.128 e. The van der Waals surface area contributed by atoms with Crippen LogP contribution in [0.25, 0.3) is 0 Å². The molecule has 0 fully saturated rings. The van der Waals surface area contributed by atoms with E-state index in [4.69, 9.17) is 5.26 Å². The standard InChI is InChI=1S/C13H14N4S/c1-3-11(13-15-4-5-18-13)17-12-7-10(8-14)6-9(2)16-12/h4-7,11H,3H2,1-2H3,(H,16,17). The van der Waals surface area contributed by atoms with Crippen LogP contribution < -0.4 is 5.32 Å². The van der Waals surface area contributed by atoms with Crippen molar-refractivity contribution in [3.8, 4) is 6.07 Å². The second-order valence-electron chi connectivity index (χ2n) is 3.97. The van der Waals surface area contributed by atoms with E-state index in [1.807, 2.05) is 12.3 Å². The predicted molar refractivity (Wildman–Crippen MR) is 72.5 cm³/mol. The first kappa shape index (κ1) is 12.5. The van der Waals surface area contributed by atoms with Gasteiger partial charge in [0.2, 0.25) is 0 Å². The summed E-state index contributed by atoms with van der Waals surface area (Å²) in [5.74, 6) is 0.730. The van der Waals surface area contributed by atoms with E-state index in [1.165, 1.54) is 0 Å². The van der Waals surface area contributed by atoms with Gasteiger partial charge in [-0.1, -0.05) is 6.92 Å². The number of rotatable bonds is 4. The minimum Gasteiger partial charge on any atom is -0.361 e. The summed E-state index contributed by atoms with van der Waals surface area (Å²) in [5, 5.41) is 15.3. The highest BCUT2D eigenvalue weighted by Crippen LogP contribution is 2.23. The maximum absolute atomic E-state index is 8.95. The van der Waals surface area contributed by atoms with Crippen LogP contribution in [-0.2, 0) is 0 Å². The summed E-state index contributed by atoms with van der Waals surface area (Å²) in [6, 6.07) is 5.83. The van der Waals surface area contributed by atoms with Gasteiger partial charge in [-0.05, 0) is 25.5 Å². The molecule has 0 bridgehead atoms. The van der Waals surface area contributed by atoms with Gasteiger partial charge < -0.3 is 5.32 Å². The molecule has 92 valence electrons. The van der Waals surface area contributed by atoms with Crippen LogP contribution in [0.2, 0.25) is 0 Å². The molecule has 0 aliphatic rings. The minimum absolute atomic E-state index is 0.144. The third-order valence-electron chi connectivity index (χ3n) is 2.56. The van der Waals surface area contributed by atoms with Crippen molar-refractivity contribution in [1.82, 2.24) is 9.97 Å². The average molecular weight is 258 g/mol. The summed E-state index contributed by atoms with van der Waals surface area (Å²) in [4.78, 5) is 8.71. The van der Waals surface area contributed by atoms with Gasteiger partial charge in [-0.15, -0.1) is 11.3 Å². The lowest BCUT2D eigenvalue weighted by molar-refractivity contribution is 0.737. The molecule has 0 aliphatic carbocycles. The van der Waals surface area contributed by atoms with Crippen molar-refractivity contribution in [2.45, 2.75) is 26.3 Å². The molecule has 0 amide bonds. The van der Waals surface area contributed by atoms with Crippen molar-refractivity contribution in [3.05, 3.63) is 40.0 Å². The fourth-order valence-corrected chi connectivity index (χ4v) is 2.50. The van der Waals surface area contributed by atoms with Gasteiger partial charge in [0.25, 0.3) is 0 Å². The van der Waals surface area contributed by atoms with Crippen LogP contribution in [0.15, 0.2) is 23.7 Å². The highest BCUT2D eigenvalue weighted by molar-refractivity contribution is 7.09. The summed E-state index contributed by atoms with van der Waals surface area (Å²) in [6.45, 7) is 3.98. The molecule has 2 aromatic heterocycles. The van der Waals surface area contributed by atoms with Gasteiger partial charge in [0.1, 0.15) is 10.8 Å². The van der Waals surface area contributed by atoms with E-state index in [9.17, 15) is 0 Å². The summed E-state index contributed by atoms with van der Waals surface area (Å²) in [6.07, 6.45) is 2.72. The first-order valence-corrected chi connectivity index (χ1v) is 6.65. The second kappa shape index (κ2) is 5.61. The van der Waals surface area contributed by atoms with Crippen LogP contribution in [0.3, 0.4) is 0 Å². The number of aryl methyl sites for hydroxylation is 1. The smallest absolute Gasteiger partial charge is 0.128 e. The van der Waals surface area contributed by atoms with Crippen molar-refractivity contribution in [3.63, 3.8) is 0 Å². The molecule has 18 heavy (non-hydrogen) atoms. The molecular formula is C13H14N4S. The largest absolute Gasteiger partial charge is 0.361 e. The molecule has 0 radical (unpaired) electrons. The number of nitriles is 1. The third kappa shape index (κ3) is 2.84. The van der Waals surface area contributed by atoms with Crippen LogP contribution in [0, 0.1) is 18.3 Å². The first-order chi connectivity index (χ1) is 8.72. The minimum atomic E-state index is 0.144. The van der Waals surface area contributed by atoms with Crippen molar-refractivity contribution in [1.29, 1.82) is 5.26 Å². The highest BCUT2D eigenvalue weighted by atomic mass is 32.1. The van der Waals surface area contributed by atoms with E-state index in [2.05, 4.69) is 28.3 Å². The fraction of sp³-hybridized carbons (Fsp3) is 0.308. The average Bonchev–Trinajstić information content (AvgIpc) is 2.89. The van der Waals surface area contributed by atoms with E-state index in [0.29, 0.717) is 5.56 Å². The predicted octanol–water partition coefficient (Wildman–Crippen LogP) is 3.28. The van der Waals surface area contributed by atoms with Crippen molar-refractivity contribution >= 4 is 17.2 Å². The Labute approximate surface area is 110 Å². The molecule has 0 saturated heterocycles. The van der Waals surface area contributed by atoms with Crippen molar-refractivity contribution in [2.24, 2.45) is 0 Å². The van der Waals surface area contributed by atoms with Crippen LogP contribution in [-0.4, -0.2) is 9.97 Å². The van der Waals surface area contributed by atoms with Crippen LogP contribution in [0.4, 0.5) is 5.82 Å². The van der Waals surface area contributed by atoms with Gasteiger partial charge in [0.15, 0.2) is 0 Å². The molecular weight excluding hydrogens is 244 g/mol. The van der Waals surface area contributed by atoms with Gasteiger partial charge in [0.05, 0.1) is 17.7 Å². The molecule has 1 unspecified atom stereocenters. The molecule has 0 aromatic carbocycles. The van der Waals surface area contributed by atoms with E-state index in [-0.39, 0.29) is 6.04 Å². The number of thiazole rings is 1. The molecule has 5 heteroatoms. The van der Waals surface area contributed by atoms with Gasteiger partial charge in [-0.3, -0.25) is 0 Å². The van der Waals surface area contributed by atoms with Crippen LogP contribution in [0.5, 0.6) is 0 Å². The SMILES string of the molecule is CCC(Nc1cc(C#N)cc(C)n1)c1nccs1. The Morgan fingerprint density at radius 2 is 2.33 bits per heavy atom. The number of hydrogen-bond acceptors (Lipinski definition) is 5. The normalized spacial score (nSPS) is 11.8. The number of hydrogen-bond donors (Lipinski definition) is 1. The number of anilines is 1. The number of nitrogens with zero attached hydrogens (tertiary/aromatic N) is 3. The Kier molecular flexibility index (Phi) is 3.90. The van der Waals surface area contributed by atoms with E-state index < -0.39 is 0 Å². The Bertz CT molecular complexity index is 557. The molecule has 4 nitrogen and oxygen atoms in total. The lowest BCUT2D eigenvalue weighted by Crippen LogP contribution is -2.11. The zero-order chi connectivity index (χ0) is 13.0. The first-order valence-electron chi connectivity index (χ1n) is 5.77.